The first kappa shape index (κ1) is 6.60. The lowest BCUT2D eigenvalue weighted by molar-refractivity contribution is 0.583. The fourth-order valence-electron chi connectivity index (χ4n) is 1.26. The van der Waals surface area contributed by atoms with Gasteiger partial charge in [-0.15, -0.1) is 0 Å². The minimum atomic E-state index is 0.833. The maximum absolute atomic E-state index is 2.31. The summed E-state index contributed by atoms with van der Waals surface area (Å²) < 4.78 is 0. The van der Waals surface area contributed by atoms with E-state index in [4.69, 9.17) is 0 Å². The minimum Gasteiger partial charge on any atom is -0.0914 e. The van der Waals surface area contributed by atoms with E-state index in [-0.39, 0.29) is 0 Å². The molecular weight excluding hydrogens is 108 g/mol. The predicted octanol–water partition coefficient (Wildman–Crippen LogP) is 2.92. The summed E-state index contributed by atoms with van der Waals surface area (Å²) in [6, 6.07) is 0. The molecule has 0 heterocycles. The average molecular weight is 122 g/mol. The summed E-state index contributed by atoms with van der Waals surface area (Å²) in [4.78, 5) is 0. The van der Waals surface area contributed by atoms with E-state index in [1.807, 2.05) is 0 Å². The summed E-state index contributed by atoms with van der Waals surface area (Å²) in [5, 5.41) is 0. The highest BCUT2D eigenvalue weighted by molar-refractivity contribution is 4.97. The molecule has 0 saturated heterocycles. The van der Waals surface area contributed by atoms with Gasteiger partial charge in [0.2, 0.25) is 0 Å². The van der Waals surface area contributed by atoms with Crippen LogP contribution in [0, 0.1) is 5.92 Å². The Hall–Kier alpha value is -0.520. The highest BCUT2D eigenvalue weighted by Crippen LogP contribution is 2.18. The molecule has 0 aliphatic heterocycles. The first-order valence-electron chi connectivity index (χ1n) is 3.71. The molecule has 9 heavy (non-hydrogen) atoms. The van der Waals surface area contributed by atoms with Crippen molar-refractivity contribution in [1.29, 1.82) is 0 Å². The van der Waals surface area contributed by atoms with E-state index >= 15 is 0 Å². The molecular formula is C9H14. The van der Waals surface area contributed by atoms with E-state index in [0.717, 1.165) is 5.92 Å². The van der Waals surface area contributed by atoms with Gasteiger partial charge in [0.1, 0.15) is 0 Å². The molecule has 0 nitrogen and oxygen atoms in total. The Morgan fingerprint density at radius 3 is 2.89 bits per heavy atom. The van der Waals surface area contributed by atoms with Crippen LogP contribution in [0.25, 0.3) is 0 Å². The van der Waals surface area contributed by atoms with Crippen molar-refractivity contribution in [2.45, 2.75) is 26.2 Å². The van der Waals surface area contributed by atoms with Gasteiger partial charge in [-0.3, -0.25) is 0 Å². The topological polar surface area (TPSA) is 0 Å². The fourth-order valence-corrected chi connectivity index (χ4v) is 1.26. The van der Waals surface area contributed by atoms with Gasteiger partial charge in [0, 0.05) is 0 Å². The molecule has 50 valence electrons. The second-order valence-electron chi connectivity index (χ2n) is 2.57. The summed E-state index contributed by atoms with van der Waals surface area (Å²) in [5.41, 5.74) is 0. The number of hydrogen-bond acceptors (Lipinski definition) is 0. The third-order valence-corrected chi connectivity index (χ3v) is 1.77. The van der Waals surface area contributed by atoms with E-state index < -0.39 is 0 Å². The van der Waals surface area contributed by atoms with E-state index in [9.17, 15) is 0 Å². The summed E-state index contributed by atoms with van der Waals surface area (Å²) in [5.74, 6) is 0.833. The van der Waals surface area contributed by atoms with Crippen molar-refractivity contribution in [3.05, 3.63) is 24.3 Å². The zero-order valence-corrected chi connectivity index (χ0v) is 6.01. The van der Waals surface area contributed by atoms with Crippen molar-refractivity contribution in [3.8, 4) is 0 Å². The summed E-state index contributed by atoms with van der Waals surface area (Å²) >= 11 is 0. The largest absolute Gasteiger partial charge is 0.0914 e. The van der Waals surface area contributed by atoms with Crippen LogP contribution in [0.15, 0.2) is 24.3 Å². The normalized spacial score (nSPS) is 27.4. The maximum atomic E-state index is 2.31. The van der Waals surface area contributed by atoms with Crippen LogP contribution in [0.1, 0.15) is 26.2 Å². The average Bonchev–Trinajstić information content (AvgIpc) is 1.91. The van der Waals surface area contributed by atoms with Gasteiger partial charge in [0.15, 0.2) is 0 Å². The maximum Gasteiger partial charge on any atom is -0.0196 e. The number of hydrogen-bond donors (Lipinski definition) is 0. The van der Waals surface area contributed by atoms with Gasteiger partial charge in [-0.05, 0) is 32.1 Å². The molecule has 0 N–H and O–H groups in total. The zero-order chi connectivity index (χ0) is 6.53. The molecule has 0 aromatic carbocycles. The molecule has 0 aromatic rings. The Bertz CT molecular complexity index is 120. The minimum absolute atomic E-state index is 0.833. The third-order valence-electron chi connectivity index (χ3n) is 1.77. The second kappa shape index (κ2) is 3.49. The van der Waals surface area contributed by atoms with Crippen molar-refractivity contribution in [2.24, 2.45) is 5.92 Å². The standard InChI is InChI=1S/C9H14/c1-2-6-9-7-4-3-5-8-9/h2-4,6,9H,5,7-8H2,1H3. The van der Waals surface area contributed by atoms with Gasteiger partial charge in [-0.2, -0.15) is 0 Å². The van der Waals surface area contributed by atoms with Gasteiger partial charge in [-0.25, -0.2) is 0 Å². The molecule has 0 fully saturated rings. The van der Waals surface area contributed by atoms with Crippen molar-refractivity contribution in [2.75, 3.05) is 0 Å². The van der Waals surface area contributed by atoms with Gasteiger partial charge < -0.3 is 0 Å². The molecule has 0 radical (unpaired) electrons. The molecule has 0 amide bonds. The summed E-state index contributed by atoms with van der Waals surface area (Å²) in [6.45, 7) is 2.10. The van der Waals surface area contributed by atoms with Crippen LogP contribution in [0.4, 0.5) is 0 Å². The molecule has 0 spiro atoms. The molecule has 0 heteroatoms. The van der Waals surface area contributed by atoms with E-state index in [1.165, 1.54) is 19.3 Å². The van der Waals surface area contributed by atoms with Crippen LogP contribution >= 0.6 is 0 Å². The van der Waals surface area contributed by atoms with Crippen molar-refractivity contribution in [1.82, 2.24) is 0 Å². The van der Waals surface area contributed by atoms with Crippen LogP contribution in [0.2, 0.25) is 0 Å². The molecule has 1 rings (SSSR count). The Kier molecular flexibility index (Phi) is 2.56. The summed E-state index contributed by atoms with van der Waals surface area (Å²) in [7, 11) is 0. The molecule has 0 bridgehead atoms. The molecule has 0 aromatic heterocycles. The Morgan fingerprint density at radius 2 is 2.33 bits per heavy atom. The molecule has 1 unspecified atom stereocenters. The SMILES string of the molecule is CC=CC1CC=CCC1. The monoisotopic (exact) mass is 122 g/mol. The lowest BCUT2D eigenvalue weighted by Gasteiger charge is -2.11. The number of rotatable bonds is 1. The van der Waals surface area contributed by atoms with Gasteiger partial charge in [0.05, 0.1) is 0 Å². The Labute approximate surface area is 57.3 Å². The van der Waals surface area contributed by atoms with Crippen LogP contribution in [-0.4, -0.2) is 0 Å². The van der Waals surface area contributed by atoms with E-state index in [1.54, 1.807) is 0 Å². The lowest BCUT2D eigenvalue weighted by atomic mass is 9.94. The quantitative estimate of drug-likeness (QED) is 0.469. The van der Waals surface area contributed by atoms with E-state index in [0.29, 0.717) is 0 Å². The second-order valence-corrected chi connectivity index (χ2v) is 2.57. The Balaban J connectivity index is 2.35. The third kappa shape index (κ3) is 2.05. The lowest BCUT2D eigenvalue weighted by Crippen LogP contribution is -1.97. The van der Waals surface area contributed by atoms with Gasteiger partial charge in [0.25, 0.3) is 0 Å². The van der Waals surface area contributed by atoms with Crippen LogP contribution in [-0.2, 0) is 0 Å². The summed E-state index contributed by atoms with van der Waals surface area (Å²) in [6.07, 6.45) is 12.9. The zero-order valence-electron chi connectivity index (χ0n) is 6.01. The van der Waals surface area contributed by atoms with Crippen LogP contribution in [0.3, 0.4) is 0 Å². The van der Waals surface area contributed by atoms with Crippen LogP contribution < -0.4 is 0 Å². The first-order chi connectivity index (χ1) is 4.43. The molecule has 1 atom stereocenters. The Morgan fingerprint density at radius 1 is 1.44 bits per heavy atom. The number of allylic oxidation sites excluding steroid dienone is 4. The molecule has 1 aliphatic rings. The first-order valence-corrected chi connectivity index (χ1v) is 3.71. The highest BCUT2D eigenvalue weighted by atomic mass is 14.1. The van der Waals surface area contributed by atoms with Crippen molar-refractivity contribution < 1.29 is 0 Å². The van der Waals surface area contributed by atoms with E-state index in [2.05, 4.69) is 31.2 Å². The molecule has 1 aliphatic carbocycles. The van der Waals surface area contributed by atoms with Crippen molar-refractivity contribution >= 4 is 0 Å². The highest BCUT2D eigenvalue weighted by Gasteiger charge is 2.03. The van der Waals surface area contributed by atoms with Crippen molar-refractivity contribution in [3.63, 3.8) is 0 Å². The predicted molar refractivity (Wildman–Crippen MR) is 41.3 cm³/mol. The fraction of sp³-hybridized carbons (Fsp3) is 0.556. The van der Waals surface area contributed by atoms with Gasteiger partial charge in [-0.1, -0.05) is 24.3 Å². The smallest absolute Gasteiger partial charge is 0.0196 e. The van der Waals surface area contributed by atoms with Crippen LogP contribution in [0.5, 0.6) is 0 Å². The van der Waals surface area contributed by atoms with Gasteiger partial charge >= 0.3 is 0 Å². The molecule has 0 saturated carbocycles.